The van der Waals surface area contributed by atoms with Crippen molar-refractivity contribution in [1.82, 2.24) is 0 Å². The maximum Gasteiger partial charge on any atom is 0.446 e. The summed E-state index contributed by atoms with van der Waals surface area (Å²) in [6, 6.07) is 4.61. The number of Topliss-reactive ketones (excluding diaryl/α,β-unsaturated/α-hetero) is 1. The Hall–Kier alpha value is -5.09. The van der Waals surface area contributed by atoms with Crippen LogP contribution < -0.4 is 8.92 Å². The third-order valence-corrected chi connectivity index (χ3v) is 5.63. The minimum absolute atomic E-state index is 0.366. The van der Waals surface area contributed by atoms with Crippen LogP contribution in [-0.4, -0.2) is 66.6 Å². The molecule has 0 fully saturated rings. The molecule has 0 aliphatic carbocycles. The van der Waals surface area contributed by atoms with Crippen LogP contribution in [-0.2, 0) is 15.1 Å². The van der Waals surface area contributed by atoms with Gasteiger partial charge in [0.1, 0.15) is 22.8 Å². The summed E-state index contributed by atoms with van der Waals surface area (Å²) in [5.74, 6) is -10.1. The molecule has 0 bridgehead atoms. The van der Waals surface area contributed by atoms with Gasteiger partial charge in [0.25, 0.3) is 0 Å². The lowest BCUT2D eigenvalue weighted by Gasteiger charge is -2.32. The number of rotatable bonds is 5. The largest absolute Gasteiger partial charge is 0.508 e. The van der Waals surface area contributed by atoms with E-state index in [0.29, 0.717) is 18.2 Å². The molecule has 2 atom stereocenters. The van der Waals surface area contributed by atoms with Crippen LogP contribution in [0.1, 0.15) is 32.4 Å². The summed E-state index contributed by atoms with van der Waals surface area (Å²) in [5, 5.41) is 68.9. The Morgan fingerprint density at radius 3 is 2.03 bits per heavy atom. The van der Waals surface area contributed by atoms with E-state index in [1.807, 2.05) is 0 Å². The molecule has 0 saturated carbocycles. The Labute approximate surface area is 211 Å². The lowest BCUT2D eigenvalue weighted by Crippen LogP contribution is -2.40. The number of esters is 1. The molecule has 0 aromatic heterocycles. The molecule has 1 aliphatic rings. The Kier molecular flexibility index (Phi) is 6.22. The summed E-state index contributed by atoms with van der Waals surface area (Å²) < 4.78 is 46.3. The number of phenolic OH excluding ortho intramolecular Hbond substituents is 7. The molecule has 8 N–H and O–H groups in total. The first kappa shape index (κ1) is 26.0. The Balaban J connectivity index is 1.84. The van der Waals surface area contributed by atoms with Crippen molar-refractivity contribution in [3.63, 3.8) is 0 Å². The molecular formula is C22H16O15S. The lowest BCUT2D eigenvalue weighted by atomic mass is 9.92. The van der Waals surface area contributed by atoms with Crippen molar-refractivity contribution in [1.29, 1.82) is 0 Å². The third-order valence-electron chi connectivity index (χ3n) is 5.24. The van der Waals surface area contributed by atoms with Gasteiger partial charge in [-0.05, 0) is 24.3 Å². The van der Waals surface area contributed by atoms with E-state index in [0.717, 1.165) is 18.2 Å². The first-order valence-corrected chi connectivity index (χ1v) is 11.5. The van der Waals surface area contributed by atoms with E-state index in [9.17, 15) is 53.8 Å². The molecule has 4 rings (SSSR count). The van der Waals surface area contributed by atoms with Gasteiger partial charge in [-0.1, -0.05) is 0 Å². The van der Waals surface area contributed by atoms with Gasteiger partial charge in [-0.15, -0.1) is 0 Å². The first-order chi connectivity index (χ1) is 17.7. The highest BCUT2D eigenvalue weighted by Gasteiger charge is 2.44. The number of hydrogen-bond donors (Lipinski definition) is 8. The lowest BCUT2D eigenvalue weighted by molar-refractivity contribution is -0.0102. The normalized spacial score (nSPS) is 16.8. The van der Waals surface area contributed by atoms with Gasteiger partial charge < -0.3 is 49.4 Å². The van der Waals surface area contributed by atoms with Crippen molar-refractivity contribution in [2.24, 2.45) is 0 Å². The quantitative estimate of drug-likeness (QED) is 0.126. The standard InChI is InChI=1S/C22H16O15S/c23-9-5-10(24)16-14(6-9)35-20(7-1-13(27)18(29)15(4-7)37-38(32,33)34)21(19(16)30)36-22(31)8-2-11(25)17(28)12(26)3-8/h1-6,20-21,23-29H,(H,32,33,34). The molecule has 2 unspecified atom stereocenters. The number of phenols is 7. The van der Waals surface area contributed by atoms with Gasteiger partial charge in [-0.25, -0.2) is 4.79 Å². The molecule has 0 saturated heterocycles. The summed E-state index contributed by atoms with van der Waals surface area (Å²) in [7, 11) is -5.21. The van der Waals surface area contributed by atoms with E-state index in [1.165, 1.54) is 0 Å². The van der Waals surface area contributed by atoms with Crippen molar-refractivity contribution >= 4 is 22.2 Å². The third kappa shape index (κ3) is 4.80. The average Bonchev–Trinajstić information content (AvgIpc) is 2.80. The molecule has 0 spiro atoms. The smallest absolute Gasteiger partial charge is 0.446 e. The van der Waals surface area contributed by atoms with E-state index in [2.05, 4.69) is 4.18 Å². The Bertz CT molecular complexity index is 1570. The maximum absolute atomic E-state index is 13.3. The van der Waals surface area contributed by atoms with Crippen LogP contribution in [0.5, 0.6) is 51.7 Å². The predicted octanol–water partition coefficient (Wildman–Crippen LogP) is 1.35. The Morgan fingerprint density at radius 1 is 0.816 bits per heavy atom. The fraction of sp³-hybridized carbons (Fsp3) is 0.0909. The number of fused-ring (bicyclic) bond motifs is 1. The number of ketones is 1. The highest BCUT2D eigenvalue weighted by Crippen LogP contribution is 2.46. The number of carbonyl (C=O) groups is 2. The number of benzene rings is 3. The van der Waals surface area contributed by atoms with Gasteiger partial charge in [-0.3, -0.25) is 9.35 Å². The summed E-state index contributed by atoms with van der Waals surface area (Å²) in [6.45, 7) is 0. The number of hydrogen-bond acceptors (Lipinski definition) is 14. The zero-order valence-electron chi connectivity index (χ0n) is 18.5. The summed E-state index contributed by atoms with van der Waals surface area (Å²) in [4.78, 5) is 26.2. The van der Waals surface area contributed by atoms with Crippen molar-refractivity contribution in [2.45, 2.75) is 12.2 Å². The van der Waals surface area contributed by atoms with E-state index in [4.69, 9.17) is 14.0 Å². The fourth-order valence-electron chi connectivity index (χ4n) is 3.62. The van der Waals surface area contributed by atoms with Gasteiger partial charge in [0.2, 0.25) is 17.6 Å². The molecule has 200 valence electrons. The summed E-state index contributed by atoms with van der Waals surface area (Å²) in [5.41, 5.74) is -1.45. The van der Waals surface area contributed by atoms with Crippen molar-refractivity contribution < 1.29 is 72.0 Å². The Morgan fingerprint density at radius 2 is 1.42 bits per heavy atom. The second-order valence-corrected chi connectivity index (χ2v) is 8.85. The van der Waals surface area contributed by atoms with E-state index in [1.54, 1.807) is 0 Å². The van der Waals surface area contributed by atoms with Crippen LogP contribution >= 0.6 is 0 Å². The van der Waals surface area contributed by atoms with Gasteiger partial charge in [0.15, 0.2) is 34.9 Å². The predicted molar refractivity (Wildman–Crippen MR) is 120 cm³/mol. The molecule has 0 amide bonds. The summed E-state index contributed by atoms with van der Waals surface area (Å²) >= 11 is 0. The maximum atomic E-state index is 13.3. The van der Waals surface area contributed by atoms with Gasteiger partial charge in [0, 0.05) is 17.7 Å². The fourth-order valence-corrected chi connectivity index (χ4v) is 3.98. The minimum atomic E-state index is -5.21. The molecule has 3 aromatic rings. The van der Waals surface area contributed by atoms with E-state index >= 15 is 0 Å². The monoisotopic (exact) mass is 552 g/mol. The van der Waals surface area contributed by atoms with Crippen molar-refractivity contribution in [3.8, 4) is 51.7 Å². The SMILES string of the molecule is O=C(OC1C(=O)c2c(O)cc(O)cc2OC1c1cc(O)c(O)c(OS(=O)(=O)O)c1)c1cc(O)c(O)c(O)c1. The van der Waals surface area contributed by atoms with Crippen LogP contribution in [0.3, 0.4) is 0 Å². The highest BCUT2D eigenvalue weighted by atomic mass is 32.3. The molecule has 1 heterocycles. The topological polar surface area (TPSA) is 258 Å². The van der Waals surface area contributed by atoms with Crippen LogP contribution in [0, 0.1) is 0 Å². The van der Waals surface area contributed by atoms with Crippen molar-refractivity contribution in [3.05, 3.63) is 53.1 Å². The minimum Gasteiger partial charge on any atom is -0.508 e. The zero-order valence-corrected chi connectivity index (χ0v) is 19.3. The molecule has 38 heavy (non-hydrogen) atoms. The first-order valence-electron chi connectivity index (χ1n) is 10.1. The molecule has 1 aliphatic heterocycles. The molecule has 16 heteroatoms. The molecule has 3 aromatic carbocycles. The van der Waals surface area contributed by atoms with Gasteiger partial charge in [-0.2, -0.15) is 8.42 Å². The molecule has 0 radical (unpaired) electrons. The van der Waals surface area contributed by atoms with Crippen LogP contribution in [0.15, 0.2) is 36.4 Å². The summed E-state index contributed by atoms with van der Waals surface area (Å²) in [6.07, 6.45) is -3.79. The van der Waals surface area contributed by atoms with Crippen LogP contribution in [0.2, 0.25) is 0 Å². The number of aromatic hydroxyl groups is 7. The van der Waals surface area contributed by atoms with Crippen molar-refractivity contribution in [2.75, 3.05) is 0 Å². The highest BCUT2D eigenvalue weighted by molar-refractivity contribution is 7.81. The van der Waals surface area contributed by atoms with Crippen LogP contribution in [0.25, 0.3) is 0 Å². The second-order valence-electron chi connectivity index (χ2n) is 7.83. The van der Waals surface area contributed by atoms with Gasteiger partial charge >= 0.3 is 16.4 Å². The second kappa shape index (κ2) is 9.09. The van der Waals surface area contributed by atoms with E-state index in [-0.39, 0.29) is 5.56 Å². The molecule has 15 nitrogen and oxygen atoms in total. The zero-order chi connectivity index (χ0) is 28.1. The number of ether oxygens (including phenoxy) is 2. The van der Waals surface area contributed by atoms with Crippen LogP contribution in [0.4, 0.5) is 0 Å². The molecular weight excluding hydrogens is 536 g/mol. The number of carbonyl (C=O) groups excluding carboxylic acids is 2. The average molecular weight is 552 g/mol. The van der Waals surface area contributed by atoms with E-state index < -0.39 is 97.2 Å². The van der Waals surface area contributed by atoms with Gasteiger partial charge in [0.05, 0.1) is 5.56 Å².